The Morgan fingerprint density at radius 2 is 1.95 bits per heavy atom. The summed E-state index contributed by atoms with van der Waals surface area (Å²) in [6.45, 7) is 0.0343. The van der Waals surface area contributed by atoms with Crippen LogP contribution in [0.5, 0.6) is 0 Å². The van der Waals surface area contributed by atoms with Gasteiger partial charge in [-0.2, -0.15) is 0 Å². The Morgan fingerprint density at radius 3 is 2.65 bits per heavy atom. The van der Waals surface area contributed by atoms with Crippen molar-refractivity contribution in [1.82, 2.24) is 10.6 Å². The van der Waals surface area contributed by atoms with E-state index in [0.29, 0.717) is 0 Å². The molecule has 0 saturated heterocycles. The van der Waals surface area contributed by atoms with Crippen molar-refractivity contribution in [3.63, 3.8) is 0 Å². The van der Waals surface area contributed by atoms with Crippen molar-refractivity contribution >= 4 is 11.9 Å². The number of carboxylic acid groups (broad SMARTS) is 1. The van der Waals surface area contributed by atoms with Crippen LogP contribution in [0.4, 0.5) is 0 Å². The molecule has 0 aromatic heterocycles. The van der Waals surface area contributed by atoms with Crippen molar-refractivity contribution in [2.24, 2.45) is 0 Å². The first-order valence-electron chi connectivity index (χ1n) is 6.21. The lowest BCUT2D eigenvalue weighted by Crippen LogP contribution is -2.44. The summed E-state index contributed by atoms with van der Waals surface area (Å²) in [7, 11) is 1.53. The first kappa shape index (κ1) is 15.7. The fraction of sp³-hybridized carbons (Fsp3) is 0.200. The largest absolute Gasteiger partial charge is 0.480 e. The van der Waals surface area contributed by atoms with Crippen LogP contribution in [-0.4, -0.2) is 36.6 Å². The van der Waals surface area contributed by atoms with Crippen LogP contribution in [-0.2, 0) is 9.59 Å². The Balaban J connectivity index is 2.49. The maximum absolute atomic E-state index is 11.6. The molecule has 0 heterocycles. The summed E-state index contributed by atoms with van der Waals surface area (Å²) in [5.74, 6) is -1.33. The van der Waals surface area contributed by atoms with Gasteiger partial charge in [-0.25, -0.2) is 0 Å². The molecule has 1 amide bonds. The van der Waals surface area contributed by atoms with Crippen molar-refractivity contribution < 1.29 is 14.7 Å². The van der Waals surface area contributed by atoms with Gasteiger partial charge in [-0.05, 0) is 18.7 Å². The third kappa shape index (κ3) is 5.97. The van der Waals surface area contributed by atoms with Gasteiger partial charge >= 0.3 is 5.97 Å². The van der Waals surface area contributed by atoms with Crippen LogP contribution in [0.25, 0.3) is 0 Å². The highest BCUT2D eigenvalue weighted by molar-refractivity contribution is 5.88. The molecular formula is C15H18N2O3. The quantitative estimate of drug-likeness (QED) is 0.630. The zero-order valence-corrected chi connectivity index (χ0v) is 11.2. The minimum atomic E-state index is -1.00. The van der Waals surface area contributed by atoms with Crippen molar-refractivity contribution in [3.8, 4) is 0 Å². The molecule has 0 saturated carbocycles. The van der Waals surface area contributed by atoms with E-state index in [4.69, 9.17) is 5.11 Å². The third-order valence-corrected chi connectivity index (χ3v) is 2.58. The molecule has 106 valence electrons. The molecule has 1 rings (SSSR count). The van der Waals surface area contributed by atoms with E-state index in [1.165, 1.54) is 13.1 Å². The average molecular weight is 274 g/mol. The van der Waals surface area contributed by atoms with E-state index in [9.17, 15) is 9.59 Å². The van der Waals surface area contributed by atoms with Gasteiger partial charge in [-0.3, -0.25) is 9.59 Å². The van der Waals surface area contributed by atoms with Crippen LogP contribution in [0.1, 0.15) is 0 Å². The number of allylic oxidation sites excluding steroid dienone is 9. The number of rotatable bonds is 6. The summed E-state index contributed by atoms with van der Waals surface area (Å²) < 4.78 is 0. The van der Waals surface area contributed by atoms with Crippen LogP contribution in [0.15, 0.2) is 60.3 Å². The minimum absolute atomic E-state index is 0.0343. The average Bonchev–Trinajstić information content (AvgIpc) is 2.37. The lowest BCUT2D eigenvalue weighted by molar-refractivity contribution is -0.139. The molecule has 0 aromatic carbocycles. The van der Waals surface area contributed by atoms with Gasteiger partial charge in [-0.15, -0.1) is 0 Å². The van der Waals surface area contributed by atoms with Crippen LogP contribution in [0, 0.1) is 0 Å². The SMILES string of the molecule is CNC(CNC(=O)/C=C/C1=C/C=C\C=C/C=C\1)C(=O)O. The summed E-state index contributed by atoms with van der Waals surface area (Å²) in [5, 5.41) is 13.9. The molecule has 5 heteroatoms. The molecule has 5 nitrogen and oxygen atoms in total. The van der Waals surface area contributed by atoms with Gasteiger partial charge in [0.25, 0.3) is 0 Å². The van der Waals surface area contributed by atoms with E-state index in [1.54, 1.807) is 6.08 Å². The highest BCUT2D eigenvalue weighted by Crippen LogP contribution is 2.03. The number of carbonyl (C=O) groups is 2. The fourth-order valence-corrected chi connectivity index (χ4v) is 1.44. The van der Waals surface area contributed by atoms with Gasteiger partial charge in [0.05, 0.1) is 0 Å². The van der Waals surface area contributed by atoms with Crippen molar-refractivity contribution in [3.05, 3.63) is 60.3 Å². The summed E-state index contributed by atoms with van der Waals surface area (Å²) >= 11 is 0. The molecule has 1 aliphatic rings. The van der Waals surface area contributed by atoms with E-state index >= 15 is 0 Å². The molecule has 20 heavy (non-hydrogen) atoms. The Hall–Kier alpha value is -2.40. The molecule has 1 aliphatic carbocycles. The van der Waals surface area contributed by atoms with Crippen molar-refractivity contribution in [2.45, 2.75) is 6.04 Å². The first-order chi connectivity index (χ1) is 9.63. The Labute approximate surface area is 118 Å². The zero-order chi connectivity index (χ0) is 14.8. The standard InChI is InChI=1S/C15H18N2O3/c1-16-13(15(19)20)11-17-14(18)10-9-12-7-5-3-2-4-6-8-12/h2-10,13,16H,11H2,1H3,(H,17,18)(H,19,20)/b3-2-,4-2?,5-3?,6-4-,7-5-,8-6?,10-9+,12-7?,12-8+. The summed E-state index contributed by atoms with van der Waals surface area (Å²) in [6, 6.07) is -0.791. The second-order valence-electron chi connectivity index (χ2n) is 4.05. The number of likely N-dealkylation sites (N-methyl/N-ethyl adjacent to an activating group) is 1. The molecule has 0 bridgehead atoms. The summed E-state index contributed by atoms with van der Waals surface area (Å²) in [4.78, 5) is 22.3. The minimum Gasteiger partial charge on any atom is -0.480 e. The molecule has 1 unspecified atom stereocenters. The third-order valence-electron chi connectivity index (χ3n) is 2.58. The molecule has 0 spiro atoms. The van der Waals surface area contributed by atoms with E-state index in [0.717, 1.165) is 5.57 Å². The zero-order valence-electron chi connectivity index (χ0n) is 11.2. The van der Waals surface area contributed by atoms with Crippen LogP contribution in [0.3, 0.4) is 0 Å². The number of nitrogens with one attached hydrogen (secondary N) is 2. The first-order valence-corrected chi connectivity index (χ1v) is 6.21. The normalized spacial score (nSPS) is 22.9. The second kappa shape index (κ2) is 8.66. The van der Waals surface area contributed by atoms with Crippen molar-refractivity contribution in [1.29, 1.82) is 0 Å². The van der Waals surface area contributed by atoms with Gasteiger partial charge < -0.3 is 15.7 Å². The number of carbonyl (C=O) groups excluding carboxylic acids is 1. The molecule has 0 aromatic rings. The van der Waals surface area contributed by atoms with Crippen LogP contribution in [0.2, 0.25) is 0 Å². The Morgan fingerprint density at radius 1 is 1.25 bits per heavy atom. The lowest BCUT2D eigenvalue weighted by atomic mass is 10.1. The lowest BCUT2D eigenvalue weighted by Gasteiger charge is -2.10. The summed E-state index contributed by atoms with van der Waals surface area (Å²) in [6.07, 6.45) is 16.2. The Bertz CT molecular complexity index is 499. The number of hydrogen-bond acceptors (Lipinski definition) is 3. The number of hydrogen-bond donors (Lipinski definition) is 3. The molecule has 0 radical (unpaired) electrons. The van der Waals surface area contributed by atoms with Gasteiger partial charge in [0.2, 0.25) is 5.91 Å². The van der Waals surface area contributed by atoms with Crippen LogP contribution < -0.4 is 10.6 Å². The predicted molar refractivity (Wildman–Crippen MR) is 78.1 cm³/mol. The topological polar surface area (TPSA) is 78.4 Å². The second-order valence-corrected chi connectivity index (χ2v) is 4.05. The fourth-order valence-electron chi connectivity index (χ4n) is 1.44. The highest BCUT2D eigenvalue weighted by atomic mass is 16.4. The number of amides is 1. The van der Waals surface area contributed by atoms with E-state index in [2.05, 4.69) is 10.6 Å². The van der Waals surface area contributed by atoms with E-state index in [-0.39, 0.29) is 12.5 Å². The number of carboxylic acids is 1. The highest BCUT2D eigenvalue weighted by Gasteiger charge is 2.14. The molecule has 0 fully saturated rings. The van der Waals surface area contributed by atoms with Crippen molar-refractivity contribution in [2.75, 3.05) is 13.6 Å². The van der Waals surface area contributed by atoms with E-state index in [1.807, 2.05) is 42.5 Å². The van der Waals surface area contributed by atoms with Crippen LogP contribution >= 0.6 is 0 Å². The monoisotopic (exact) mass is 274 g/mol. The smallest absolute Gasteiger partial charge is 0.322 e. The molecule has 1 atom stereocenters. The van der Waals surface area contributed by atoms with Gasteiger partial charge in [0.15, 0.2) is 0 Å². The molecule has 0 aliphatic heterocycles. The maximum atomic E-state index is 11.6. The number of aliphatic carboxylic acids is 1. The van der Waals surface area contributed by atoms with Gasteiger partial charge in [0.1, 0.15) is 6.04 Å². The summed E-state index contributed by atoms with van der Waals surface area (Å²) in [5.41, 5.74) is 0.879. The van der Waals surface area contributed by atoms with Gasteiger partial charge in [0, 0.05) is 12.6 Å². The molecule has 3 N–H and O–H groups in total. The van der Waals surface area contributed by atoms with E-state index < -0.39 is 12.0 Å². The predicted octanol–water partition coefficient (Wildman–Crippen LogP) is 0.940. The Kier molecular flexibility index (Phi) is 6.78. The maximum Gasteiger partial charge on any atom is 0.322 e. The molecular weight excluding hydrogens is 256 g/mol. The van der Waals surface area contributed by atoms with Gasteiger partial charge in [-0.1, -0.05) is 42.5 Å².